The maximum atomic E-state index is 3.48. The van der Waals surface area contributed by atoms with E-state index in [-0.39, 0.29) is 12.4 Å². The highest BCUT2D eigenvalue weighted by Gasteiger charge is 2.15. The predicted octanol–water partition coefficient (Wildman–Crippen LogP) is 2.17. The van der Waals surface area contributed by atoms with Crippen molar-refractivity contribution in [2.45, 2.75) is 6.04 Å². The summed E-state index contributed by atoms with van der Waals surface area (Å²) in [4.78, 5) is 1.41. The molecule has 0 amide bonds. The second-order valence-electron chi connectivity index (χ2n) is 2.85. The van der Waals surface area contributed by atoms with Crippen molar-refractivity contribution >= 4 is 39.7 Å². The van der Waals surface area contributed by atoms with Gasteiger partial charge in [-0.15, -0.1) is 23.7 Å². The summed E-state index contributed by atoms with van der Waals surface area (Å²) in [7, 11) is 0. The zero-order valence-electron chi connectivity index (χ0n) is 7.05. The fourth-order valence-electron chi connectivity index (χ4n) is 1.37. The van der Waals surface area contributed by atoms with Gasteiger partial charge in [0, 0.05) is 24.5 Å². The van der Waals surface area contributed by atoms with E-state index in [0.29, 0.717) is 6.04 Å². The molecule has 0 aromatic carbocycles. The van der Waals surface area contributed by atoms with E-state index in [2.05, 4.69) is 38.7 Å². The fraction of sp³-hybridized carbons (Fsp3) is 0.500. The summed E-state index contributed by atoms with van der Waals surface area (Å²) in [5.41, 5.74) is 0. The molecule has 2 nitrogen and oxygen atoms in total. The van der Waals surface area contributed by atoms with Crippen LogP contribution in [0.4, 0.5) is 0 Å². The van der Waals surface area contributed by atoms with Gasteiger partial charge in [0.2, 0.25) is 0 Å². The quantitative estimate of drug-likeness (QED) is 0.825. The van der Waals surface area contributed by atoms with Gasteiger partial charge in [0.05, 0.1) is 9.83 Å². The molecular weight excluding hydrogens is 272 g/mol. The van der Waals surface area contributed by atoms with E-state index in [1.807, 2.05) is 11.3 Å². The normalized spacial score (nSPS) is 22.4. The third kappa shape index (κ3) is 2.92. The summed E-state index contributed by atoms with van der Waals surface area (Å²) >= 11 is 5.28. The fourth-order valence-corrected chi connectivity index (χ4v) is 2.87. The average Bonchev–Trinajstić information content (AvgIpc) is 2.54. The molecular formula is C8H12BrClN2S. The van der Waals surface area contributed by atoms with E-state index in [9.17, 15) is 0 Å². The molecule has 13 heavy (non-hydrogen) atoms. The van der Waals surface area contributed by atoms with Gasteiger partial charge in [-0.3, -0.25) is 0 Å². The lowest BCUT2D eigenvalue weighted by Crippen LogP contribution is -2.42. The smallest absolute Gasteiger partial charge is 0.0702 e. The zero-order chi connectivity index (χ0) is 8.39. The first-order chi connectivity index (χ1) is 5.86. The number of nitrogens with one attached hydrogen (secondary N) is 2. The van der Waals surface area contributed by atoms with Crippen LogP contribution >= 0.6 is 39.7 Å². The van der Waals surface area contributed by atoms with Gasteiger partial charge in [0.1, 0.15) is 0 Å². The molecule has 1 aromatic heterocycles. The highest BCUT2D eigenvalue weighted by Crippen LogP contribution is 2.27. The monoisotopic (exact) mass is 282 g/mol. The van der Waals surface area contributed by atoms with Gasteiger partial charge in [-0.05, 0) is 28.1 Å². The minimum atomic E-state index is 0. The van der Waals surface area contributed by atoms with Crippen LogP contribution in [0.5, 0.6) is 0 Å². The van der Waals surface area contributed by atoms with Crippen LogP contribution in [-0.4, -0.2) is 19.6 Å². The van der Waals surface area contributed by atoms with Crippen molar-refractivity contribution in [3.05, 3.63) is 20.8 Å². The summed E-state index contributed by atoms with van der Waals surface area (Å²) in [5, 5.41) is 6.85. The highest BCUT2D eigenvalue weighted by atomic mass is 79.9. The lowest BCUT2D eigenvalue weighted by atomic mass is 10.2. The van der Waals surface area contributed by atoms with Gasteiger partial charge in [0.25, 0.3) is 0 Å². The van der Waals surface area contributed by atoms with E-state index in [1.54, 1.807) is 0 Å². The van der Waals surface area contributed by atoms with Crippen LogP contribution in [0.25, 0.3) is 0 Å². The Balaban J connectivity index is 0.000000845. The number of rotatable bonds is 1. The molecule has 0 unspecified atom stereocenters. The topological polar surface area (TPSA) is 24.1 Å². The second kappa shape index (κ2) is 5.32. The van der Waals surface area contributed by atoms with E-state index in [0.717, 1.165) is 19.6 Å². The molecule has 2 heterocycles. The Morgan fingerprint density at radius 1 is 1.38 bits per heavy atom. The SMILES string of the molecule is Brc1ccc([C@H]2CNCCN2)s1.Cl. The third-order valence-electron chi connectivity index (χ3n) is 1.98. The Morgan fingerprint density at radius 3 is 2.77 bits per heavy atom. The standard InChI is InChI=1S/C8H11BrN2S.ClH/c9-8-2-1-7(12-8)6-5-10-3-4-11-6;/h1-2,6,10-11H,3-5H2;1H/t6-;/m1./s1. The van der Waals surface area contributed by atoms with Crippen LogP contribution in [0, 0.1) is 0 Å². The molecule has 2 rings (SSSR count). The Hall–Kier alpha value is 0.390. The first kappa shape index (κ1) is 11.5. The molecule has 1 aliphatic rings. The Kier molecular flexibility index (Phi) is 4.69. The largest absolute Gasteiger partial charge is 0.314 e. The Labute approximate surface area is 96.6 Å². The molecule has 0 bridgehead atoms. The summed E-state index contributed by atoms with van der Waals surface area (Å²) in [5.74, 6) is 0. The lowest BCUT2D eigenvalue weighted by molar-refractivity contribution is 0.435. The predicted molar refractivity (Wildman–Crippen MR) is 62.9 cm³/mol. The van der Waals surface area contributed by atoms with Gasteiger partial charge in [-0.2, -0.15) is 0 Å². The van der Waals surface area contributed by atoms with Gasteiger partial charge < -0.3 is 10.6 Å². The molecule has 74 valence electrons. The molecule has 1 atom stereocenters. The minimum absolute atomic E-state index is 0. The van der Waals surface area contributed by atoms with Gasteiger partial charge in [0.15, 0.2) is 0 Å². The van der Waals surface area contributed by atoms with E-state index in [1.165, 1.54) is 8.66 Å². The maximum absolute atomic E-state index is 3.48. The molecule has 1 aliphatic heterocycles. The first-order valence-electron chi connectivity index (χ1n) is 4.05. The van der Waals surface area contributed by atoms with Crippen LogP contribution in [0.2, 0.25) is 0 Å². The summed E-state index contributed by atoms with van der Waals surface area (Å²) in [6, 6.07) is 4.80. The van der Waals surface area contributed by atoms with E-state index in [4.69, 9.17) is 0 Å². The molecule has 0 spiro atoms. The number of halogens is 2. The van der Waals surface area contributed by atoms with Crippen molar-refractivity contribution in [1.82, 2.24) is 10.6 Å². The highest BCUT2D eigenvalue weighted by molar-refractivity contribution is 9.11. The molecule has 1 fully saturated rings. The molecule has 5 heteroatoms. The van der Waals surface area contributed by atoms with Crippen LogP contribution < -0.4 is 10.6 Å². The van der Waals surface area contributed by atoms with Crippen molar-refractivity contribution in [3.63, 3.8) is 0 Å². The molecule has 1 saturated heterocycles. The third-order valence-corrected chi connectivity index (χ3v) is 3.72. The van der Waals surface area contributed by atoms with Gasteiger partial charge in [-0.25, -0.2) is 0 Å². The van der Waals surface area contributed by atoms with E-state index < -0.39 is 0 Å². The van der Waals surface area contributed by atoms with Gasteiger partial charge >= 0.3 is 0 Å². The van der Waals surface area contributed by atoms with Crippen molar-refractivity contribution in [1.29, 1.82) is 0 Å². The number of piperazine rings is 1. The zero-order valence-corrected chi connectivity index (χ0v) is 10.3. The summed E-state index contributed by atoms with van der Waals surface area (Å²) in [6.45, 7) is 3.20. The lowest BCUT2D eigenvalue weighted by Gasteiger charge is -2.23. The van der Waals surface area contributed by atoms with Crippen LogP contribution in [0.3, 0.4) is 0 Å². The molecule has 0 aliphatic carbocycles. The number of hydrogen-bond acceptors (Lipinski definition) is 3. The van der Waals surface area contributed by atoms with Crippen molar-refractivity contribution < 1.29 is 0 Å². The average molecular weight is 284 g/mol. The van der Waals surface area contributed by atoms with Crippen LogP contribution in [-0.2, 0) is 0 Å². The van der Waals surface area contributed by atoms with Crippen LogP contribution in [0.1, 0.15) is 10.9 Å². The Morgan fingerprint density at radius 2 is 2.23 bits per heavy atom. The maximum Gasteiger partial charge on any atom is 0.0702 e. The van der Waals surface area contributed by atoms with Crippen LogP contribution in [0.15, 0.2) is 15.9 Å². The number of thiophene rings is 1. The minimum Gasteiger partial charge on any atom is -0.314 e. The van der Waals surface area contributed by atoms with Gasteiger partial charge in [-0.1, -0.05) is 0 Å². The molecule has 0 radical (unpaired) electrons. The Bertz CT molecular complexity index is 260. The molecule has 0 saturated carbocycles. The number of hydrogen-bond donors (Lipinski definition) is 2. The second-order valence-corrected chi connectivity index (χ2v) is 5.35. The molecule has 2 N–H and O–H groups in total. The summed E-state index contributed by atoms with van der Waals surface area (Å²) in [6.07, 6.45) is 0. The molecule has 1 aromatic rings. The first-order valence-corrected chi connectivity index (χ1v) is 5.66. The van der Waals surface area contributed by atoms with Crippen molar-refractivity contribution in [2.24, 2.45) is 0 Å². The van der Waals surface area contributed by atoms with Crippen molar-refractivity contribution in [2.75, 3.05) is 19.6 Å². The van der Waals surface area contributed by atoms with Crippen molar-refractivity contribution in [3.8, 4) is 0 Å². The van der Waals surface area contributed by atoms with E-state index >= 15 is 0 Å². The summed E-state index contributed by atoms with van der Waals surface area (Å²) < 4.78 is 1.21.